The van der Waals surface area contributed by atoms with Crippen LogP contribution in [0.1, 0.15) is 102 Å². The van der Waals surface area contributed by atoms with E-state index in [1.807, 2.05) is 24.3 Å². The van der Waals surface area contributed by atoms with Gasteiger partial charge in [0.15, 0.2) is 0 Å². The van der Waals surface area contributed by atoms with E-state index in [0.717, 1.165) is 24.2 Å². The third-order valence-corrected chi connectivity index (χ3v) is 5.47. The van der Waals surface area contributed by atoms with Gasteiger partial charge in [0.2, 0.25) is 5.91 Å². The number of ether oxygens (including phenoxy) is 1. The molecular weight excluding hydrogens is 384 g/mol. The molecule has 0 atom stereocenters. The van der Waals surface area contributed by atoms with Crippen molar-refractivity contribution < 1.29 is 9.53 Å². The summed E-state index contributed by atoms with van der Waals surface area (Å²) in [4.78, 5) is 12.0. The zero-order valence-corrected chi connectivity index (χ0v) is 19.9. The van der Waals surface area contributed by atoms with E-state index in [9.17, 15) is 4.79 Å². The molecule has 0 aliphatic carbocycles. The summed E-state index contributed by atoms with van der Waals surface area (Å²) in [5.41, 5.74) is 6.51. The molecule has 0 heterocycles. The number of rotatable bonds is 20. The second-order valence-corrected chi connectivity index (χ2v) is 8.39. The van der Waals surface area contributed by atoms with Gasteiger partial charge < -0.3 is 15.8 Å². The number of carbonyl (C=O) groups excluding carboxylic acids is 1. The summed E-state index contributed by atoms with van der Waals surface area (Å²) < 4.78 is 5.46. The van der Waals surface area contributed by atoms with Crippen LogP contribution in [0.3, 0.4) is 0 Å². The molecule has 4 heteroatoms. The molecule has 0 radical (unpaired) electrons. The van der Waals surface area contributed by atoms with Crippen LogP contribution in [0.25, 0.3) is 0 Å². The Bertz CT molecular complexity index is 569. The van der Waals surface area contributed by atoms with Gasteiger partial charge in [-0.1, -0.05) is 82.6 Å². The number of benzene rings is 1. The highest BCUT2D eigenvalue weighted by atomic mass is 16.5. The van der Waals surface area contributed by atoms with E-state index in [1.165, 1.54) is 70.6 Å². The first-order valence-electron chi connectivity index (χ1n) is 12.6. The Hall–Kier alpha value is -1.81. The van der Waals surface area contributed by atoms with Crippen LogP contribution in [0, 0.1) is 0 Å². The maximum Gasteiger partial charge on any atom is 0.220 e. The number of hydrogen-bond acceptors (Lipinski definition) is 3. The highest BCUT2D eigenvalue weighted by Crippen LogP contribution is 2.12. The first-order valence-corrected chi connectivity index (χ1v) is 12.6. The van der Waals surface area contributed by atoms with Crippen molar-refractivity contribution in [1.29, 1.82) is 0 Å². The van der Waals surface area contributed by atoms with Crippen molar-refractivity contribution in [1.82, 2.24) is 5.32 Å². The lowest BCUT2D eigenvalue weighted by atomic mass is 10.1. The summed E-state index contributed by atoms with van der Waals surface area (Å²) in [5, 5.41) is 3.00. The lowest BCUT2D eigenvalue weighted by Gasteiger charge is -2.07. The fraction of sp³-hybridized carbons (Fsp3) is 0.667. The summed E-state index contributed by atoms with van der Waals surface area (Å²) in [6, 6.07) is 7.80. The highest BCUT2D eigenvalue weighted by molar-refractivity contribution is 5.75. The molecule has 31 heavy (non-hydrogen) atoms. The Labute approximate surface area is 191 Å². The van der Waals surface area contributed by atoms with E-state index in [-0.39, 0.29) is 5.91 Å². The zero-order valence-electron chi connectivity index (χ0n) is 19.9. The Morgan fingerprint density at radius 2 is 1.45 bits per heavy atom. The number of nitrogens with two attached hydrogens (primary N) is 1. The molecule has 3 N–H and O–H groups in total. The Balaban J connectivity index is 1.90. The van der Waals surface area contributed by atoms with Gasteiger partial charge in [0, 0.05) is 19.5 Å². The second-order valence-electron chi connectivity index (χ2n) is 8.39. The number of allylic oxidation sites excluding steroid dienone is 2. The van der Waals surface area contributed by atoms with Gasteiger partial charge in [0.05, 0.1) is 0 Å². The molecule has 1 rings (SSSR count). The quantitative estimate of drug-likeness (QED) is 0.179. The third-order valence-electron chi connectivity index (χ3n) is 5.47. The van der Waals surface area contributed by atoms with E-state index in [0.29, 0.717) is 26.1 Å². The molecule has 1 aromatic rings. The van der Waals surface area contributed by atoms with E-state index >= 15 is 0 Å². The van der Waals surface area contributed by atoms with Crippen molar-refractivity contribution in [3.63, 3.8) is 0 Å². The SMILES string of the molecule is CCCCCCCC/C=C\CCCCCCCC(=O)NCc1ccc(OCCN)cc1. The summed E-state index contributed by atoms with van der Waals surface area (Å²) >= 11 is 0. The smallest absolute Gasteiger partial charge is 0.220 e. The molecule has 0 aliphatic rings. The fourth-order valence-electron chi connectivity index (χ4n) is 3.53. The number of amides is 1. The maximum absolute atomic E-state index is 12.0. The van der Waals surface area contributed by atoms with Crippen LogP contribution >= 0.6 is 0 Å². The van der Waals surface area contributed by atoms with Crippen LogP contribution in [0.4, 0.5) is 0 Å². The zero-order chi connectivity index (χ0) is 22.4. The molecule has 0 unspecified atom stereocenters. The molecule has 0 bridgehead atoms. The third kappa shape index (κ3) is 16.5. The van der Waals surface area contributed by atoms with Gasteiger partial charge in [0.25, 0.3) is 0 Å². The lowest BCUT2D eigenvalue weighted by Crippen LogP contribution is -2.22. The predicted molar refractivity (Wildman–Crippen MR) is 132 cm³/mol. The van der Waals surface area contributed by atoms with E-state index < -0.39 is 0 Å². The summed E-state index contributed by atoms with van der Waals surface area (Å²) in [6.45, 7) is 3.87. The minimum atomic E-state index is 0.140. The molecule has 0 saturated carbocycles. The van der Waals surface area contributed by atoms with Gasteiger partial charge in [-0.05, 0) is 49.8 Å². The minimum Gasteiger partial charge on any atom is -0.492 e. The van der Waals surface area contributed by atoms with Crippen molar-refractivity contribution >= 4 is 5.91 Å². The summed E-state index contributed by atoms with van der Waals surface area (Å²) in [5.74, 6) is 0.954. The number of carbonyl (C=O) groups is 1. The maximum atomic E-state index is 12.0. The van der Waals surface area contributed by atoms with Crippen molar-refractivity contribution in [2.24, 2.45) is 5.73 Å². The fourth-order valence-corrected chi connectivity index (χ4v) is 3.53. The van der Waals surface area contributed by atoms with Gasteiger partial charge in [-0.25, -0.2) is 0 Å². The highest BCUT2D eigenvalue weighted by Gasteiger charge is 2.02. The van der Waals surface area contributed by atoms with E-state index in [1.54, 1.807) is 0 Å². The monoisotopic (exact) mass is 430 g/mol. The Kier molecular flexibility index (Phi) is 17.7. The van der Waals surface area contributed by atoms with Crippen molar-refractivity contribution in [3.8, 4) is 5.75 Å². The van der Waals surface area contributed by atoms with Crippen molar-refractivity contribution in [3.05, 3.63) is 42.0 Å². The van der Waals surface area contributed by atoms with Crippen LogP contribution < -0.4 is 15.8 Å². The number of hydrogen-bond donors (Lipinski definition) is 2. The van der Waals surface area contributed by atoms with Crippen LogP contribution in [-0.2, 0) is 11.3 Å². The lowest BCUT2D eigenvalue weighted by molar-refractivity contribution is -0.121. The Morgan fingerprint density at radius 3 is 2.06 bits per heavy atom. The topological polar surface area (TPSA) is 64.3 Å². The molecule has 1 aromatic carbocycles. The summed E-state index contributed by atoms with van der Waals surface area (Å²) in [7, 11) is 0. The minimum absolute atomic E-state index is 0.140. The van der Waals surface area contributed by atoms with Gasteiger partial charge in [-0.15, -0.1) is 0 Å². The molecule has 4 nitrogen and oxygen atoms in total. The first-order chi connectivity index (χ1) is 15.3. The van der Waals surface area contributed by atoms with Crippen LogP contribution in [0.15, 0.2) is 36.4 Å². The molecule has 176 valence electrons. The number of nitrogens with one attached hydrogen (secondary N) is 1. The Morgan fingerprint density at radius 1 is 0.871 bits per heavy atom. The molecule has 0 aromatic heterocycles. The van der Waals surface area contributed by atoms with Gasteiger partial charge in [0.1, 0.15) is 12.4 Å². The standard InChI is InChI=1S/C27H46N2O2/c1-2-3-4-5-6-7-8-9-10-11-12-13-14-15-16-17-27(30)29-24-25-18-20-26(21-19-25)31-23-22-28/h9-10,18-21H,2-8,11-17,22-24,28H2,1H3,(H,29,30)/b10-9-. The largest absolute Gasteiger partial charge is 0.492 e. The molecule has 0 spiro atoms. The van der Waals surface area contributed by atoms with Gasteiger partial charge in [-0.2, -0.15) is 0 Å². The normalized spacial score (nSPS) is 11.2. The predicted octanol–water partition coefficient (Wildman–Crippen LogP) is 6.68. The van der Waals surface area contributed by atoms with Crippen LogP contribution in [0.5, 0.6) is 5.75 Å². The molecule has 0 fully saturated rings. The van der Waals surface area contributed by atoms with Crippen LogP contribution in [-0.4, -0.2) is 19.1 Å². The van der Waals surface area contributed by atoms with Crippen molar-refractivity contribution in [2.75, 3.05) is 13.2 Å². The van der Waals surface area contributed by atoms with E-state index in [4.69, 9.17) is 10.5 Å². The molecular formula is C27H46N2O2. The van der Waals surface area contributed by atoms with Crippen molar-refractivity contribution in [2.45, 2.75) is 103 Å². The molecule has 0 aliphatic heterocycles. The molecule has 0 saturated heterocycles. The summed E-state index contributed by atoms with van der Waals surface area (Å²) in [6.07, 6.45) is 21.9. The first kappa shape index (κ1) is 27.2. The second kappa shape index (κ2) is 20.1. The molecule has 1 amide bonds. The average molecular weight is 431 g/mol. The number of unbranched alkanes of at least 4 members (excludes halogenated alkanes) is 11. The van der Waals surface area contributed by atoms with Crippen LogP contribution in [0.2, 0.25) is 0 Å². The van der Waals surface area contributed by atoms with Gasteiger partial charge >= 0.3 is 0 Å². The average Bonchev–Trinajstić information content (AvgIpc) is 2.79. The van der Waals surface area contributed by atoms with Gasteiger partial charge in [-0.3, -0.25) is 4.79 Å². The van der Waals surface area contributed by atoms with E-state index in [2.05, 4.69) is 24.4 Å².